The Hall–Kier alpha value is -3.61. The third-order valence-corrected chi connectivity index (χ3v) is 6.05. The molecule has 1 unspecified atom stereocenters. The molecule has 2 aromatic rings. The number of fused-ring (bicyclic) bond motifs is 1. The molecule has 31 heavy (non-hydrogen) atoms. The molecule has 2 aliphatic heterocycles. The van der Waals surface area contributed by atoms with Crippen LogP contribution in [0.3, 0.4) is 0 Å². The molecule has 2 amide bonds. The molecular weight excluding hydrogens is 396 g/mol. The molecule has 0 aromatic heterocycles. The minimum Gasteiger partial charge on any atom is -0.462 e. The van der Waals surface area contributed by atoms with Gasteiger partial charge in [-0.05, 0) is 49.5 Å². The Morgan fingerprint density at radius 1 is 1.06 bits per heavy atom. The van der Waals surface area contributed by atoms with E-state index in [9.17, 15) is 19.3 Å². The highest BCUT2D eigenvalue weighted by atomic mass is 16.5. The standard InChI is InChI=1S/C24H23N2O5/c1-31-23(29)24(26-21(27)19-14-5-6-15-20(19)22(26)28)18(13-8-16-25(24)30)12-7-11-17-9-3-2-4-10-17/h2-6,8-10,14-16,18H,7,11-13H2,1H3/q+1/t18?,24-/m1/s1. The molecule has 4 rings (SSSR count). The maximum Gasteiger partial charge on any atom is 0.407 e. The minimum atomic E-state index is -2.08. The second kappa shape index (κ2) is 8.26. The second-order valence-corrected chi connectivity index (χ2v) is 7.73. The maximum atomic E-state index is 13.2. The van der Waals surface area contributed by atoms with Crippen LogP contribution in [0.2, 0.25) is 0 Å². The molecule has 0 aliphatic carbocycles. The lowest BCUT2D eigenvalue weighted by molar-refractivity contribution is -0.590. The number of imide groups is 1. The smallest absolute Gasteiger partial charge is 0.407 e. The number of amides is 2. The lowest BCUT2D eigenvalue weighted by Crippen LogP contribution is -2.67. The summed E-state index contributed by atoms with van der Waals surface area (Å²) in [4.78, 5) is 53.6. The summed E-state index contributed by atoms with van der Waals surface area (Å²) in [7, 11) is 1.16. The number of aryl methyl sites for hydroxylation is 1. The molecule has 2 heterocycles. The van der Waals surface area contributed by atoms with Gasteiger partial charge in [-0.1, -0.05) is 42.5 Å². The molecule has 0 N–H and O–H groups in total. The van der Waals surface area contributed by atoms with Crippen molar-refractivity contribution in [2.45, 2.75) is 31.3 Å². The first kappa shape index (κ1) is 20.7. The van der Waals surface area contributed by atoms with Crippen molar-refractivity contribution in [2.75, 3.05) is 7.11 Å². The molecule has 7 heteroatoms. The fourth-order valence-electron chi connectivity index (χ4n) is 4.57. The Kier molecular flexibility index (Phi) is 5.50. The highest BCUT2D eigenvalue weighted by Crippen LogP contribution is 2.41. The summed E-state index contributed by atoms with van der Waals surface area (Å²) in [6.45, 7) is 0. The molecule has 0 fully saturated rings. The Bertz CT molecular complexity index is 1040. The second-order valence-electron chi connectivity index (χ2n) is 7.73. The summed E-state index contributed by atoms with van der Waals surface area (Å²) < 4.78 is 5.42. The average Bonchev–Trinajstić information content (AvgIpc) is 3.05. The number of benzene rings is 2. The van der Waals surface area contributed by atoms with Gasteiger partial charge in [0.25, 0.3) is 11.8 Å². The van der Waals surface area contributed by atoms with Crippen molar-refractivity contribution in [3.63, 3.8) is 0 Å². The van der Waals surface area contributed by atoms with Gasteiger partial charge >= 0.3 is 11.6 Å². The number of hydrogen-bond acceptors (Lipinski definition) is 5. The van der Waals surface area contributed by atoms with E-state index >= 15 is 0 Å². The number of rotatable bonds is 6. The number of carbonyl (C=O) groups is 3. The van der Waals surface area contributed by atoms with E-state index in [-0.39, 0.29) is 11.1 Å². The summed E-state index contributed by atoms with van der Waals surface area (Å²) in [5, 5.41) is 0. The van der Waals surface area contributed by atoms with Gasteiger partial charge in [-0.3, -0.25) is 9.59 Å². The van der Waals surface area contributed by atoms with Gasteiger partial charge in [0.1, 0.15) is 0 Å². The van der Waals surface area contributed by atoms with E-state index in [1.54, 1.807) is 18.2 Å². The number of hydrogen-bond donors (Lipinski definition) is 0. The topological polar surface area (TPSA) is 83.8 Å². The summed E-state index contributed by atoms with van der Waals surface area (Å²) >= 11 is 0. The number of methoxy groups -OCH3 is 1. The van der Waals surface area contributed by atoms with Gasteiger partial charge in [0.05, 0.1) is 28.9 Å². The summed E-state index contributed by atoms with van der Waals surface area (Å²) in [6, 6.07) is 16.2. The van der Waals surface area contributed by atoms with Gasteiger partial charge in [0, 0.05) is 4.91 Å². The normalized spacial score (nSPS) is 22.5. The van der Waals surface area contributed by atoms with Gasteiger partial charge in [0.15, 0.2) is 0 Å². The molecule has 0 bridgehead atoms. The van der Waals surface area contributed by atoms with Gasteiger partial charge in [0.2, 0.25) is 6.20 Å². The van der Waals surface area contributed by atoms with Gasteiger partial charge in [-0.2, -0.15) is 4.90 Å². The van der Waals surface area contributed by atoms with Crippen LogP contribution in [0.5, 0.6) is 0 Å². The predicted octanol–water partition coefficient (Wildman–Crippen LogP) is 3.49. The van der Waals surface area contributed by atoms with Crippen molar-refractivity contribution in [1.82, 2.24) is 4.90 Å². The highest BCUT2D eigenvalue weighted by Gasteiger charge is 2.70. The van der Waals surface area contributed by atoms with Crippen molar-refractivity contribution in [2.24, 2.45) is 5.92 Å². The fourth-order valence-corrected chi connectivity index (χ4v) is 4.57. The van der Waals surface area contributed by atoms with Crippen LogP contribution in [-0.2, 0) is 16.0 Å². The summed E-state index contributed by atoms with van der Waals surface area (Å²) in [5.41, 5.74) is -0.575. The van der Waals surface area contributed by atoms with E-state index in [0.717, 1.165) is 24.0 Å². The molecular formula is C24H23N2O5+. The average molecular weight is 419 g/mol. The number of nitrogens with zero attached hydrogens (tertiary/aromatic N) is 2. The largest absolute Gasteiger partial charge is 0.462 e. The molecule has 0 saturated carbocycles. The molecule has 0 radical (unpaired) electrons. The summed E-state index contributed by atoms with van der Waals surface area (Å²) in [5.74, 6) is -2.83. The van der Waals surface area contributed by atoms with Crippen LogP contribution in [0.25, 0.3) is 0 Å². The minimum absolute atomic E-state index is 0.182. The SMILES string of the molecule is COC(=O)[C@]1(N2C(=O)c3ccccc3C2=O)C(CCCc2ccccc2)CC=C[N+]1=O. The Morgan fingerprint density at radius 3 is 2.29 bits per heavy atom. The molecule has 7 nitrogen and oxygen atoms in total. The van der Waals surface area contributed by atoms with Crippen molar-refractivity contribution < 1.29 is 23.9 Å². The van der Waals surface area contributed by atoms with Crippen LogP contribution < -0.4 is 0 Å². The zero-order valence-electron chi connectivity index (χ0n) is 17.2. The Morgan fingerprint density at radius 2 is 1.68 bits per heavy atom. The fraction of sp³-hybridized carbons (Fsp3) is 0.292. The van der Waals surface area contributed by atoms with E-state index in [1.807, 2.05) is 30.3 Å². The molecule has 0 spiro atoms. The summed E-state index contributed by atoms with van der Waals surface area (Å²) in [6.07, 6.45) is 5.13. The molecule has 0 saturated heterocycles. The number of allylic oxidation sites excluding steroid dienone is 1. The first-order valence-electron chi connectivity index (χ1n) is 10.2. The van der Waals surface area contributed by atoms with Crippen molar-refractivity contribution in [3.05, 3.63) is 88.5 Å². The zero-order chi connectivity index (χ0) is 22.0. The maximum absolute atomic E-state index is 13.2. The zero-order valence-corrected chi connectivity index (χ0v) is 17.2. The number of esters is 1. The van der Waals surface area contributed by atoms with Crippen molar-refractivity contribution in [1.29, 1.82) is 0 Å². The van der Waals surface area contributed by atoms with Crippen LogP contribution >= 0.6 is 0 Å². The van der Waals surface area contributed by atoms with Gasteiger partial charge in [-0.25, -0.2) is 4.79 Å². The third-order valence-electron chi connectivity index (χ3n) is 6.05. The monoisotopic (exact) mass is 419 g/mol. The third kappa shape index (κ3) is 3.26. The Labute approximate surface area is 179 Å². The Balaban J connectivity index is 1.72. The first-order valence-corrected chi connectivity index (χ1v) is 10.2. The number of nitroso groups, excluding NO2 is 1. The van der Waals surface area contributed by atoms with Crippen LogP contribution in [0.1, 0.15) is 45.5 Å². The van der Waals surface area contributed by atoms with Crippen LogP contribution in [0, 0.1) is 10.8 Å². The van der Waals surface area contributed by atoms with Crippen LogP contribution in [0.4, 0.5) is 0 Å². The lowest BCUT2D eigenvalue weighted by atomic mass is 9.81. The van der Waals surface area contributed by atoms with E-state index in [1.165, 1.54) is 18.3 Å². The van der Waals surface area contributed by atoms with E-state index in [4.69, 9.17) is 4.74 Å². The van der Waals surface area contributed by atoms with Gasteiger partial charge < -0.3 is 4.74 Å². The van der Waals surface area contributed by atoms with Crippen LogP contribution in [0.15, 0.2) is 66.9 Å². The molecule has 158 valence electrons. The van der Waals surface area contributed by atoms with E-state index in [2.05, 4.69) is 0 Å². The quantitative estimate of drug-likeness (QED) is 0.407. The molecule has 2 aromatic carbocycles. The number of carbonyl (C=O) groups excluding carboxylic acids is 3. The molecule has 2 aliphatic rings. The van der Waals surface area contributed by atoms with Crippen molar-refractivity contribution in [3.8, 4) is 0 Å². The van der Waals surface area contributed by atoms with Gasteiger partial charge in [-0.15, -0.1) is 0 Å². The van der Waals surface area contributed by atoms with Crippen LogP contribution in [-0.4, -0.2) is 40.2 Å². The molecule has 2 atom stereocenters. The van der Waals surface area contributed by atoms with E-state index < -0.39 is 29.4 Å². The lowest BCUT2D eigenvalue weighted by Gasteiger charge is -2.36. The number of ether oxygens (including phenoxy) is 1. The van der Waals surface area contributed by atoms with Crippen molar-refractivity contribution >= 4 is 17.8 Å². The first-order chi connectivity index (χ1) is 15.0. The highest BCUT2D eigenvalue weighted by molar-refractivity contribution is 6.23. The van der Waals surface area contributed by atoms with E-state index in [0.29, 0.717) is 24.0 Å². The predicted molar refractivity (Wildman–Crippen MR) is 112 cm³/mol.